The van der Waals surface area contributed by atoms with Gasteiger partial charge in [-0.1, -0.05) is 0 Å². The van der Waals surface area contributed by atoms with Crippen molar-refractivity contribution >= 4 is 11.4 Å². The molecular formula is C16H19N2O3+. The van der Waals surface area contributed by atoms with Crippen molar-refractivity contribution in [3.63, 3.8) is 0 Å². The SMILES string of the molecule is CCOc1ccc(N[N+](=O)c2ccc(OCC)cc2)cc1. The maximum Gasteiger partial charge on any atom is 0.292 e. The van der Waals surface area contributed by atoms with E-state index in [9.17, 15) is 4.91 Å². The molecule has 0 amide bonds. The maximum absolute atomic E-state index is 12.0. The van der Waals surface area contributed by atoms with Gasteiger partial charge in [0.25, 0.3) is 5.69 Å². The first kappa shape index (κ1) is 14.8. The average molecular weight is 287 g/mol. The minimum atomic E-state index is 0.507. The van der Waals surface area contributed by atoms with Crippen LogP contribution in [-0.2, 0) is 0 Å². The molecule has 2 rings (SSSR count). The Balaban J connectivity index is 2.00. The summed E-state index contributed by atoms with van der Waals surface area (Å²) in [4.78, 5) is 12.7. The fourth-order valence-electron chi connectivity index (χ4n) is 1.82. The zero-order valence-electron chi connectivity index (χ0n) is 12.2. The van der Waals surface area contributed by atoms with Gasteiger partial charge in [-0.05, 0) is 50.2 Å². The highest BCUT2D eigenvalue weighted by molar-refractivity contribution is 5.45. The Morgan fingerprint density at radius 3 is 1.81 bits per heavy atom. The van der Waals surface area contributed by atoms with Crippen LogP contribution in [0.1, 0.15) is 13.8 Å². The van der Waals surface area contributed by atoms with Crippen LogP contribution in [0.15, 0.2) is 48.5 Å². The van der Waals surface area contributed by atoms with Crippen LogP contribution in [0.25, 0.3) is 0 Å². The normalized spacial score (nSPS) is 10.0. The van der Waals surface area contributed by atoms with E-state index in [0.717, 1.165) is 11.5 Å². The van der Waals surface area contributed by atoms with E-state index >= 15 is 0 Å². The fourth-order valence-corrected chi connectivity index (χ4v) is 1.82. The molecule has 0 heterocycles. The Labute approximate surface area is 124 Å². The van der Waals surface area contributed by atoms with Crippen LogP contribution in [0.2, 0.25) is 0 Å². The van der Waals surface area contributed by atoms with Gasteiger partial charge in [0.1, 0.15) is 17.2 Å². The summed E-state index contributed by atoms with van der Waals surface area (Å²) in [5.41, 5.74) is 3.96. The molecule has 2 aromatic rings. The molecule has 0 aliphatic carbocycles. The first-order chi connectivity index (χ1) is 10.2. The van der Waals surface area contributed by atoms with Crippen LogP contribution >= 0.6 is 0 Å². The zero-order chi connectivity index (χ0) is 15.1. The fraction of sp³-hybridized carbons (Fsp3) is 0.250. The number of hydrazine groups is 1. The molecule has 1 N–H and O–H groups in total. The Morgan fingerprint density at radius 2 is 1.33 bits per heavy atom. The molecule has 0 fully saturated rings. The monoisotopic (exact) mass is 287 g/mol. The van der Waals surface area contributed by atoms with Gasteiger partial charge in [-0.3, -0.25) is 0 Å². The number of anilines is 1. The van der Waals surface area contributed by atoms with E-state index in [1.165, 1.54) is 0 Å². The van der Waals surface area contributed by atoms with Crippen molar-refractivity contribution in [3.05, 3.63) is 53.4 Å². The number of nitroso groups, excluding NO2 is 1. The maximum atomic E-state index is 12.0. The summed E-state index contributed by atoms with van der Waals surface area (Å²) in [6.45, 7) is 5.07. The molecule has 0 saturated carbocycles. The smallest absolute Gasteiger partial charge is 0.292 e. The van der Waals surface area contributed by atoms with Gasteiger partial charge in [-0.15, -0.1) is 5.43 Å². The lowest BCUT2D eigenvalue weighted by Gasteiger charge is -2.03. The van der Waals surface area contributed by atoms with Crippen molar-refractivity contribution in [2.24, 2.45) is 0 Å². The first-order valence-corrected chi connectivity index (χ1v) is 6.92. The van der Waals surface area contributed by atoms with Crippen LogP contribution in [0.5, 0.6) is 11.5 Å². The largest absolute Gasteiger partial charge is 0.494 e. The highest BCUT2D eigenvalue weighted by Gasteiger charge is 2.14. The molecule has 0 atom stereocenters. The molecule has 5 nitrogen and oxygen atoms in total. The molecule has 0 aromatic heterocycles. The lowest BCUT2D eigenvalue weighted by molar-refractivity contribution is -0.427. The molecule has 2 aromatic carbocycles. The highest BCUT2D eigenvalue weighted by atomic mass is 16.5. The summed E-state index contributed by atoms with van der Waals surface area (Å²) >= 11 is 0. The number of hydrogen-bond donors (Lipinski definition) is 1. The van der Waals surface area contributed by atoms with Crippen molar-refractivity contribution in [1.29, 1.82) is 0 Å². The molecule has 0 bridgehead atoms. The third kappa shape index (κ3) is 4.21. The molecule has 21 heavy (non-hydrogen) atoms. The van der Waals surface area contributed by atoms with E-state index in [4.69, 9.17) is 9.47 Å². The zero-order valence-corrected chi connectivity index (χ0v) is 12.2. The van der Waals surface area contributed by atoms with Crippen LogP contribution in [-0.4, -0.2) is 18.1 Å². The quantitative estimate of drug-likeness (QED) is 0.619. The number of ether oxygens (including phenoxy) is 2. The molecule has 0 spiro atoms. The van der Waals surface area contributed by atoms with Crippen LogP contribution in [0.4, 0.5) is 11.4 Å². The Hall–Kier alpha value is -2.56. The number of nitrogens with zero attached hydrogens (tertiary/aromatic N) is 1. The molecule has 110 valence electrons. The average Bonchev–Trinajstić information content (AvgIpc) is 2.50. The van der Waals surface area contributed by atoms with Gasteiger partial charge in [0.15, 0.2) is 4.87 Å². The number of nitrogens with one attached hydrogen (secondary N) is 1. The van der Waals surface area contributed by atoms with E-state index in [0.29, 0.717) is 29.5 Å². The van der Waals surface area contributed by atoms with E-state index in [1.807, 2.05) is 26.0 Å². The second-order valence-corrected chi connectivity index (χ2v) is 4.29. The summed E-state index contributed by atoms with van der Waals surface area (Å²) in [6, 6.07) is 14.2. The molecule has 0 unspecified atom stereocenters. The molecule has 0 aliphatic rings. The summed E-state index contributed by atoms with van der Waals surface area (Å²) in [6.07, 6.45) is 0. The van der Waals surface area contributed by atoms with Gasteiger partial charge in [0, 0.05) is 12.1 Å². The lowest BCUT2D eigenvalue weighted by Crippen LogP contribution is -2.10. The predicted octanol–water partition coefficient (Wildman–Crippen LogP) is 3.92. The van der Waals surface area contributed by atoms with Gasteiger partial charge in [-0.2, -0.15) is 0 Å². The van der Waals surface area contributed by atoms with Crippen molar-refractivity contribution in [3.8, 4) is 11.5 Å². The third-order valence-electron chi connectivity index (χ3n) is 2.78. The van der Waals surface area contributed by atoms with Crippen molar-refractivity contribution in [2.45, 2.75) is 13.8 Å². The summed E-state index contributed by atoms with van der Waals surface area (Å²) < 4.78 is 10.7. The second-order valence-electron chi connectivity index (χ2n) is 4.29. The highest BCUT2D eigenvalue weighted by Crippen LogP contribution is 2.20. The van der Waals surface area contributed by atoms with E-state index < -0.39 is 0 Å². The summed E-state index contributed by atoms with van der Waals surface area (Å²) in [5.74, 6) is 1.53. The third-order valence-corrected chi connectivity index (χ3v) is 2.78. The molecular weight excluding hydrogens is 268 g/mol. The number of hydrogen-bond acceptors (Lipinski definition) is 3. The van der Waals surface area contributed by atoms with Gasteiger partial charge in [0.05, 0.1) is 18.1 Å². The Kier molecular flexibility index (Phi) is 5.15. The summed E-state index contributed by atoms with van der Waals surface area (Å²) in [5, 5.41) is 0. The minimum absolute atomic E-state index is 0.507. The molecule has 0 saturated heterocycles. The molecule has 0 radical (unpaired) electrons. The van der Waals surface area contributed by atoms with Crippen LogP contribution in [0.3, 0.4) is 0 Å². The van der Waals surface area contributed by atoms with Gasteiger partial charge < -0.3 is 9.47 Å². The van der Waals surface area contributed by atoms with E-state index in [-0.39, 0.29) is 0 Å². The van der Waals surface area contributed by atoms with Crippen LogP contribution in [0, 0.1) is 4.91 Å². The van der Waals surface area contributed by atoms with Gasteiger partial charge in [0.2, 0.25) is 0 Å². The number of benzene rings is 2. The minimum Gasteiger partial charge on any atom is -0.494 e. The van der Waals surface area contributed by atoms with Crippen LogP contribution < -0.4 is 14.9 Å². The van der Waals surface area contributed by atoms with E-state index in [2.05, 4.69) is 5.43 Å². The van der Waals surface area contributed by atoms with Gasteiger partial charge >= 0.3 is 0 Å². The van der Waals surface area contributed by atoms with Crippen molar-refractivity contribution in [1.82, 2.24) is 0 Å². The topological polar surface area (TPSA) is 50.6 Å². The lowest BCUT2D eigenvalue weighted by atomic mass is 10.3. The first-order valence-electron chi connectivity index (χ1n) is 6.92. The standard InChI is InChI=1S/C16H19N2O3/c1-3-20-15-9-5-13(6-10-15)17-18(19)14-7-11-16(12-8-14)21-4-2/h5-12H,3-4H2,1-2H3,(H,17,19)/q+1. The van der Waals surface area contributed by atoms with Crippen molar-refractivity contribution in [2.75, 3.05) is 18.6 Å². The predicted molar refractivity (Wildman–Crippen MR) is 82.1 cm³/mol. The Bertz CT molecular complexity index is 579. The number of rotatable bonds is 7. The van der Waals surface area contributed by atoms with Gasteiger partial charge in [-0.25, -0.2) is 0 Å². The molecule has 5 heteroatoms. The van der Waals surface area contributed by atoms with Crippen molar-refractivity contribution < 1.29 is 14.3 Å². The summed E-state index contributed by atoms with van der Waals surface area (Å²) in [7, 11) is 0. The van der Waals surface area contributed by atoms with E-state index in [1.54, 1.807) is 36.4 Å². The second kappa shape index (κ2) is 7.28. The molecule has 0 aliphatic heterocycles. The Morgan fingerprint density at radius 1 is 0.857 bits per heavy atom.